The Labute approximate surface area is 126 Å². The van der Waals surface area contributed by atoms with Crippen LogP contribution in [0.3, 0.4) is 0 Å². The lowest BCUT2D eigenvalue weighted by Gasteiger charge is -2.13. The summed E-state index contributed by atoms with van der Waals surface area (Å²) in [4.78, 5) is 4.46. The van der Waals surface area contributed by atoms with Crippen LogP contribution in [-0.2, 0) is 6.54 Å². The average Bonchev–Trinajstić information content (AvgIpc) is 2.44. The van der Waals surface area contributed by atoms with Gasteiger partial charge in [0, 0.05) is 13.1 Å². The van der Waals surface area contributed by atoms with Gasteiger partial charge >= 0.3 is 0 Å². The van der Waals surface area contributed by atoms with Crippen molar-refractivity contribution in [2.45, 2.75) is 34.2 Å². The summed E-state index contributed by atoms with van der Waals surface area (Å²) in [5, 5.41) is 6.43. The van der Waals surface area contributed by atoms with Crippen LogP contribution in [0.25, 0.3) is 0 Å². The predicted octanol–water partition coefficient (Wildman–Crippen LogP) is 2.94. The number of nitrogens with zero attached hydrogens (tertiary/aromatic N) is 1. The maximum absolute atomic E-state index is 13.8. The maximum atomic E-state index is 13.8. The molecule has 0 radical (unpaired) electrons. The van der Waals surface area contributed by atoms with Crippen molar-refractivity contribution in [2.24, 2.45) is 10.9 Å². The first-order valence-electron chi connectivity index (χ1n) is 7.50. The molecule has 0 fully saturated rings. The van der Waals surface area contributed by atoms with Gasteiger partial charge in [-0.05, 0) is 37.5 Å². The van der Waals surface area contributed by atoms with E-state index in [2.05, 4.69) is 29.5 Å². The Kier molecular flexibility index (Phi) is 7.58. The molecule has 0 aliphatic carbocycles. The van der Waals surface area contributed by atoms with E-state index in [9.17, 15) is 4.39 Å². The Balaban J connectivity index is 2.68. The molecule has 4 nitrogen and oxygen atoms in total. The van der Waals surface area contributed by atoms with Gasteiger partial charge in [-0.25, -0.2) is 9.38 Å². The van der Waals surface area contributed by atoms with Gasteiger partial charge in [0.05, 0.1) is 13.2 Å². The summed E-state index contributed by atoms with van der Waals surface area (Å²) in [5.41, 5.74) is 0.817. The molecule has 0 aromatic heterocycles. The molecular formula is C16H26FN3O. The van der Waals surface area contributed by atoms with Crippen molar-refractivity contribution in [1.29, 1.82) is 0 Å². The minimum Gasteiger partial charge on any atom is -0.491 e. The summed E-state index contributed by atoms with van der Waals surface area (Å²) in [5.74, 6) is 1.23. The Morgan fingerprint density at radius 3 is 2.62 bits per heavy atom. The number of hydrogen-bond donors (Lipinski definition) is 2. The molecule has 0 heterocycles. The summed E-state index contributed by atoms with van der Waals surface area (Å²) >= 11 is 0. The standard InChI is InChI=1S/C16H26FN3O/c1-5-18-16(19-10-12(3)4)20-11-13-7-8-15(21-6-2)14(17)9-13/h7-9,12H,5-6,10-11H2,1-4H3,(H2,18,19,20). The van der Waals surface area contributed by atoms with E-state index in [0.29, 0.717) is 19.1 Å². The number of guanidine groups is 1. The SMILES string of the molecule is CCNC(=NCc1ccc(OCC)c(F)c1)NCC(C)C. The molecule has 0 saturated heterocycles. The van der Waals surface area contributed by atoms with Gasteiger partial charge < -0.3 is 15.4 Å². The monoisotopic (exact) mass is 295 g/mol. The molecule has 1 aromatic carbocycles. The number of nitrogens with one attached hydrogen (secondary N) is 2. The van der Waals surface area contributed by atoms with Gasteiger partial charge in [0.15, 0.2) is 17.5 Å². The maximum Gasteiger partial charge on any atom is 0.191 e. The highest BCUT2D eigenvalue weighted by Gasteiger charge is 2.04. The fraction of sp³-hybridized carbons (Fsp3) is 0.562. The van der Waals surface area contributed by atoms with Crippen molar-refractivity contribution < 1.29 is 9.13 Å². The van der Waals surface area contributed by atoms with Gasteiger partial charge in [-0.15, -0.1) is 0 Å². The first-order chi connectivity index (χ1) is 10.1. The van der Waals surface area contributed by atoms with E-state index in [-0.39, 0.29) is 11.6 Å². The van der Waals surface area contributed by atoms with Crippen LogP contribution in [0, 0.1) is 11.7 Å². The number of hydrogen-bond acceptors (Lipinski definition) is 2. The average molecular weight is 295 g/mol. The second-order valence-electron chi connectivity index (χ2n) is 5.17. The van der Waals surface area contributed by atoms with E-state index >= 15 is 0 Å². The molecule has 5 heteroatoms. The number of ether oxygens (including phenoxy) is 1. The van der Waals surface area contributed by atoms with E-state index in [1.54, 1.807) is 6.07 Å². The number of benzene rings is 1. The first kappa shape index (κ1) is 17.3. The highest BCUT2D eigenvalue weighted by Crippen LogP contribution is 2.18. The quantitative estimate of drug-likeness (QED) is 0.600. The molecule has 1 rings (SSSR count). The van der Waals surface area contributed by atoms with E-state index in [1.165, 1.54) is 6.07 Å². The molecule has 21 heavy (non-hydrogen) atoms. The topological polar surface area (TPSA) is 45.7 Å². The highest BCUT2D eigenvalue weighted by atomic mass is 19.1. The number of rotatable bonds is 7. The summed E-state index contributed by atoms with van der Waals surface area (Å²) in [7, 11) is 0. The van der Waals surface area contributed by atoms with Crippen molar-refractivity contribution in [2.75, 3.05) is 19.7 Å². The zero-order chi connectivity index (χ0) is 15.7. The molecule has 0 unspecified atom stereocenters. The first-order valence-corrected chi connectivity index (χ1v) is 7.50. The molecule has 0 aliphatic heterocycles. The minimum atomic E-state index is -0.343. The lowest BCUT2D eigenvalue weighted by Crippen LogP contribution is -2.39. The van der Waals surface area contributed by atoms with Gasteiger partial charge in [-0.2, -0.15) is 0 Å². The third-order valence-electron chi connectivity index (χ3n) is 2.74. The van der Waals surface area contributed by atoms with Gasteiger partial charge in [-0.1, -0.05) is 19.9 Å². The largest absolute Gasteiger partial charge is 0.491 e. The van der Waals surface area contributed by atoms with Crippen LogP contribution in [0.4, 0.5) is 4.39 Å². The molecular weight excluding hydrogens is 269 g/mol. The van der Waals surface area contributed by atoms with Crippen LogP contribution in [0.2, 0.25) is 0 Å². The fourth-order valence-corrected chi connectivity index (χ4v) is 1.73. The van der Waals surface area contributed by atoms with Gasteiger partial charge in [0.2, 0.25) is 0 Å². The van der Waals surface area contributed by atoms with Crippen LogP contribution >= 0.6 is 0 Å². The lowest BCUT2D eigenvalue weighted by atomic mass is 10.2. The van der Waals surface area contributed by atoms with E-state index in [0.717, 1.165) is 24.6 Å². The fourth-order valence-electron chi connectivity index (χ4n) is 1.73. The number of aliphatic imine (C=N–C) groups is 1. The van der Waals surface area contributed by atoms with Crippen molar-refractivity contribution in [3.05, 3.63) is 29.6 Å². The molecule has 118 valence electrons. The Bertz CT molecular complexity index is 461. The normalized spacial score (nSPS) is 11.6. The molecule has 0 saturated carbocycles. The van der Waals surface area contributed by atoms with Gasteiger partial charge in [0.25, 0.3) is 0 Å². The molecule has 0 bridgehead atoms. The smallest absolute Gasteiger partial charge is 0.191 e. The van der Waals surface area contributed by atoms with Crippen LogP contribution in [0.15, 0.2) is 23.2 Å². The van der Waals surface area contributed by atoms with Crippen molar-refractivity contribution in [3.8, 4) is 5.75 Å². The van der Waals surface area contributed by atoms with Crippen LogP contribution in [0.5, 0.6) is 5.75 Å². The predicted molar refractivity (Wildman–Crippen MR) is 85.2 cm³/mol. The summed E-state index contributed by atoms with van der Waals surface area (Å²) in [6.45, 7) is 10.7. The zero-order valence-electron chi connectivity index (χ0n) is 13.4. The van der Waals surface area contributed by atoms with Gasteiger partial charge in [0.1, 0.15) is 0 Å². The third kappa shape index (κ3) is 6.47. The highest BCUT2D eigenvalue weighted by molar-refractivity contribution is 5.79. The number of halogens is 1. The Hall–Kier alpha value is -1.78. The minimum absolute atomic E-state index is 0.287. The van der Waals surface area contributed by atoms with E-state index in [1.807, 2.05) is 19.9 Å². The van der Waals surface area contributed by atoms with Crippen molar-refractivity contribution >= 4 is 5.96 Å². The third-order valence-corrected chi connectivity index (χ3v) is 2.74. The molecule has 0 atom stereocenters. The molecule has 2 N–H and O–H groups in total. The second-order valence-corrected chi connectivity index (χ2v) is 5.17. The molecule has 0 aliphatic rings. The van der Waals surface area contributed by atoms with Crippen molar-refractivity contribution in [3.63, 3.8) is 0 Å². The summed E-state index contributed by atoms with van der Waals surface area (Å²) < 4.78 is 18.9. The Morgan fingerprint density at radius 2 is 2.05 bits per heavy atom. The molecule has 0 amide bonds. The van der Waals surface area contributed by atoms with Gasteiger partial charge in [-0.3, -0.25) is 0 Å². The second kappa shape index (κ2) is 9.21. The van der Waals surface area contributed by atoms with E-state index < -0.39 is 0 Å². The van der Waals surface area contributed by atoms with Crippen LogP contribution in [-0.4, -0.2) is 25.7 Å². The Morgan fingerprint density at radius 1 is 1.29 bits per heavy atom. The zero-order valence-corrected chi connectivity index (χ0v) is 13.4. The molecule has 1 aromatic rings. The van der Waals surface area contributed by atoms with Crippen LogP contribution in [0.1, 0.15) is 33.3 Å². The summed E-state index contributed by atoms with van der Waals surface area (Å²) in [6, 6.07) is 4.96. The van der Waals surface area contributed by atoms with E-state index in [4.69, 9.17) is 4.74 Å². The van der Waals surface area contributed by atoms with Crippen LogP contribution < -0.4 is 15.4 Å². The lowest BCUT2D eigenvalue weighted by molar-refractivity contribution is 0.321. The van der Waals surface area contributed by atoms with Crippen molar-refractivity contribution in [1.82, 2.24) is 10.6 Å². The molecule has 0 spiro atoms. The summed E-state index contributed by atoms with van der Waals surface area (Å²) in [6.07, 6.45) is 0.